The van der Waals surface area contributed by atoms with Crippen LogP contribution >= 0.6 is 0 Å². The Bertz CT molecular complexity index is 1100. The molecule has 0 atom stereocenters. The third-order valence-corrected chi connectivity index (χ3v) is 5.76. The Hall–Kier alpha value is -2.27. The van der Waals surface area contributed by atoms with Gasteiger partial charge < -0.3 is 0 Å². The van der Waals surface area contributed by atoms with Gasteiger partial charge in [0.25, 0.3) is 0 Å². The average molecular weight is 371 g/mol. The highest BCUT2D eigenvalue weighted by Gasteiger charge is 2.11. The predicted octanol–water partition coefficient (Wildman–Crippen LogP) is 6.45. The second-order valence-corrected chi connectivity index (χ2v) is 18.4. The first-order valence-corrected chi connectivity index (χ1v) is 16.1. The van der Waals surface area contributed by atoms with Gasteiger partial charge in [0, 0.05) is 11.1 Å². The third-order valence-electron chi connectivity index (χ3n) is 4.01. The van der Waals surface area contributed by atoms with Gasteiger partial charge in [0.05, 0.1) is 0 Å². The Labute approximate surface area is 159 Å². The minimum atomic E-state index is -1.45. The molecule has 3 rings (SSSR count). The predicted molar refractivity (Wildman–Crippen MR) is 122 cm³/mol. The van der Waals surface area contributed by atoms with E-state index in [2.05, 4.69) is 111 Å². The molecular weight excluding hydrogens is 344 g/mol. The summed E-state index contributed by atoms with van der Waals surface area (Å²) in [7, 11) is -2.84. The van der Waals surface area contributed by atoms with E-state index in [0.717, 1.165) is 11.1 Å². The topological polar surface area (TPSA) is 0 Å². The second kappa shape index (κ2) is 6.80. The van der Waals surface area contributed by atoms with Crippen molar-refractivity contribution in [3.8, 4) is 22.9 Å². The summed E-state index contributed by atoms with van der Waals surface area (Å²) >= 11 is 0. The minimum absolute atomic E-state index is 1.09. The van der Waals surface area contributed by atoms with Crippen LogP contribution in [0.1, 0.15) is 11.1 Å². The van der Waals surface area contributed by atoms with Crippen molar-refractivity contribution in [3.05, 3.63) is 59.7 Å². The molecule has 3 aromatic rings. The van der Waals surface area contributed by atoms with Gasteiger partial charge in [-0.25, -0.2) is 0 Å². The zero-order chi connectivity index (χ0) is 18.9. The molecule has 26 heavy (non-hydrogen) atoms. The van der Waals surface area contributed by atoms with Crippen molar-refractivity contribution < 1.29 is 0 Å². The Morgan fingerprint density at radius 1 is 0.615 bits per heavy atom. The van der Waals surface area contributed by atoms with Gasteiger partial charge in [-0.1, -0.05) is 81.5 Å². The van der Waals surface area contributed by atoms with Crippen LogP contribution in [-0.2, 0) is 0 Å². The first kappa shape index (κ1) is 18.5. The molecule has 0 radical (unpaired) electrons. The molecule has 0 bridgehead atoms. The molecule has 0 aliphatic rings. The SMILES string of the molecule is C[Si](C)(C)C#Cc1ccc2cc3ccccc3c(C#C[Si](C)(C)C)c2c1. The summed E-state index contributed by atoms with van der Waals surface area (Å²) in [4.78, 5) is 0. The largest absolute Gasteiger partial charge is 0.129 e. The highest BCUT2D eigenvalue weighted by molar-refractivity contribution is 6.84. The van der Waals surface area contributed by atoms with Crippen LogP contribution in [0.2, 0.25) is 39.3 Å². The van der Waals surface area contributed by atoms with Crippen LogP contribution in [-0.4, -0.2) is 16.1 Å². The summed E-state index contributed by atoms with van der Waals surface area (Å²) in [5.74, 6) is 6.94. The number of rotatable bonds is 0. The van der Waals surface area contributed by atoms with E-state index in [0.29, 0.717) is 0 Å². The summed E-state index contributed by atoms with van der Waals surface area (Å²) in [5.41, 5.74) is 9.27. The quantitative estimate of drug-likeness (QED) is 0.242. The van der Waals surface area contributed by atoms with Crippen molar-refractivity contribution >= 4 is 37.7 Å². The molecular formula is C24H26Si2. The maximum Gasteiger partial charge on any atom is 0.129 e. The van der Waals surface area contributed by atoms with Crippen LogP contribution in [0, 0.1) is 22.9 Å². The molecule has 0 saturated heterocycles. The molecule has 0 aliphatic carbocycles. The van der Waals surface area contributed by atoms with Gasteiger partial charge >= 0.3 is 0 Å². The summed E-state index contributed by atoms with van der Waals surface area (Å²) in [6, 6.07) is 17.4. The van der Waals surface area contributed by atoms with E-state index in [9.17, 15) is 0 Å². The van der Waals surface area contributed by atoms with Crippen LogP contribution in [0.3, 0.4) is 0 Å². The molecule has 0 fully saturated rings. The van der Waals surface area contributed by atoms with Gasteiger partial charge in [0.1, 0.15) is 16.1 Å². The minimum Gasteiger partial charge on any atom is -0.127 e. The van der Waals surface area contributed by atoms with Crippen LogP contribution in [0.15, 0.2) is 48.5 Å². The Balaban J connectivity index is 2.31. The van der Waals surface area contributed by atoms with Gasteiger partial charge in [-0.15, -0.1) is 11.1 Å². The van der Waals surface area contributed by atoms with Crippen molar-refractivity contribution in [1.82, 2.24) is 0 Å². The lowest BCUT2D eigenvalue weighted by molar-refractivity contribution is 1.69. The molecule has 0 aromatic heterocycles. The molecule has 0 aliphatic heterocycles. The zero-order valence-corrected chi connectivity index (χ0v) is 18.6. The number of hydrogen-bond donors (Lipinski definition) is 0. The van der Waals surface area contributed by atoms with Gasteiger partial charge in [-0.3, -0.25) is 0 Å². The van der Waals surface area contributed by atoms with Crippen LogP contribution in [0.25, 0.3) is 21.5 Å². The van der Waals surface area contributed by atoms with E-state index in [1.165, 1.54) is 21.5 Å². The Morgan fingerprint density at radius 3 is 1.92 bits per heavy atom. The first-order chi connectivity index (χ1) is 12.1. The van der Waals surface area contributed by atoms with Crippen molar-refractivity contribution in [2.75, 3.05) is 0 Å². The lowest BCUT2D eigenvalue weighted by atomic mass is 9.96. The van der Waals surface area contributed by atoms with Crippen LogP contribution < -0.4 is 0 Å². The van der Waals surface area contributed by atoms with Crippen molar-refractivity contribution in [2.24, 2.45) is 0 Å². The fourth-order valence-electron chi connectivity index (χ4n) is 2.78. The van der Waals surface area contributed by atoms with Gasteiger partial charge in [-0.05, 0) is 39.7 Å². The molecule has 0 unspecified atom stereocenters. The summed E-state index contributed by atoms with van der Waals surface area (Å²) in [5, 5.41) is 4.95. The lowest BCUT2D eigenvalue weighted by Crippen LogP contribution is -2.16. The zero-order valence-electron chi connectivity index (χ0n) is 16.6. The fraction of sp³-hybridized carbons (Fsp3) is 0.250. The average Bonchev–Trinajstić information content (AvgIpc) is 2.55. The Kier molecular flexibility index (Phi) is 4.85. The molecule has 130 valence electrons. The number of fused-ring (bicyclic) bond motifs is 2. The molecule has 0 nitrogen and oxygen atoms in total. The molecule has 0 heterocycles. The van der Waals surface area contributed by atoms with E-state index >= 15 is 0 Å². The van der Waals surface area contributed by atoms with E-state index < -0.39 is 16.1 Å². The first-order valence-electron chi connectivity index (χ1n) is 9.14. The van der Waals surface area contributed by atoms with Gasteiger partial charge in [0.15, 0.2) is 0 Å². The van der Waals surface area contributed by atoms with Crippen molar-refractivity contribution in [1.29, 1.82) is 0 Å². The summed E-state index contributed by atoms with van der Waals surface area (Å²) in [6.07, 6.45) is 0. The lowest BCUT2D eigenvalue weighted by Gasteiger charge is -2.09. The number of hydrogen-bond acceptors (Lipinski definition) is 0. The monoisotopic (exact) mass is 370 g/mol. The maximum absolute atomic E-state index is 3.56. The van der Waals surface area contributed by atoms with Crippen molar-refractivity contribution in [3.63, 3.8) is 0 Å². The van der Waals surface area contributed by atoms with E-state index in [-0.39, 0.29) is 0 Å². The Morgan fingerprint density at radius 2 is 1.23 bits per heavy atom. The molecule has 0 N–H and O–H groups in total. The highest BCUT2D eigenvalue weighted by Crippen LogP contribution is 2.29. The second-order valence-electron chi connectivity index (χ2n) is 8.91. The van der Waals surface area contributed by atoms with E-state index in [1.54, 1.807) is 0 Å². The summed E-state index contributed by atoms with van der Waals surface area (Å²) in [6.45, 7) is 13.7. The molecule has 3 aromatic carbocycles. The normalized spacial score (nSPS) is 11.6. The van der Waals surface area contributed by atoms with Crippen molar-refractivity contribution in [2.45, 2.75) is 39.3 Å². The smallest absolute Gasteiger partial charge is 0.127 e. The van der Waals surface area contributed by atoms with Gasteiger partial charge in [0.2, 0.25) is 0 Å². The third kappa shape index (κ3) is 4.47. The molecule has 0 saturated carbocycles. The van der Waals surface area contributed by atoms with E-state index in [1.807, 2.05) is 0 Å². The number of benzene rings is 3. The fourth-order valence-corrected chi connectivity index (χ4v) is 3.80. The standard InChI is InChI=1S/C24H26Si2/c1-25(2,3)15-13-19-11-12-21-18-20-9-7-8-10-22(20)23(24(21)17-19)14-16-26(4,5)6/h7-12,17-18H,1-6H3. The highest BCUT2D eigenvalue weighted by atomic mass is 28.3. The van der Waals surface area contributed by atoms with Gasteiger partial charge in [-0.2, -0.15) is 0 Å². The molecule has 0 amide bonds. The molecule has 0 spiro atoms. The van der Waals surface area contributed by atoms with Crippen LogP contribution in [0.5, 0.6) is 0 Å². The summed E-state index contributed by atoms with van der Waals surface area (Å²) < 4.78 is 0. The van der Waals surface area contributed by atoms with E-state index in [4.69, 9.17) is 0 Å². The molecule has 2 heteroatoms. The maximum atomic E-state index is 3.56. The van der Waals surface area contributed by atoms with Crippen LogP contribution in [0.4, 0.5) is 0 Å².